The van der Waals surface area contributed by atoms with E-state index in [1.54, 1.807) is 42.5 Å². The summed E-state index contributed by atoms with van der Waals surface area (Å²) in [6.07, 6.45) is 0.785. The Labute approximate surface area is 225 Å². The number of Topliss-reactive ketones (excluding diaryl/α,β-unsaturated/α-hetero) is 1. The molecule has 1 saturated heterocycles. The number of esters is 1. The Kier molecular flexibility index (Phi) is 6.15. The second-order valence-corrected chi connectivity index (χ2v) is 10.9. The van der Waals surface area contributed by atoms with Crippen molar-refractivity contribution in [2.24, 2.45) is 23.7 Å². The number of imide groups is 1. The highest BCUT2D eigenvalue weighted by Gasteiger charge is 2.64. The number of fused-ring (bicyclic) bond motifs is 5. The van der Waals surface area contributed by atoms with Gasteiger partial charge in [-0.15, -0.1) is 0 Å². The normalized spacial score (nSPS) is 26.4. The van der Waals surface area contributed by atoms with Crippen LogP contribution >= 0.6 is 11.6 Å². The number of nitrogens with zero attached hydrogens (tertiary/aromatic N) is 1. The molecule has 1 heterocycles. The molecule has 0 spiro atoms. The highest BCUT2D eigenvalue weighted by molar-refractivity contribution is 6.30. The van der Waals surface area contributed by atoms with Crippen LogP contribution < -0.4 is 4.90 Å². The third-order valence-electron chi connectivity index (χ3n) is 8.37. The third-order valence-corrected chi connectivity index (χ3v) is 8.62. The Balaban J connectivity index is 1.19. The molecule has 3 fully saturated rings. The number of hydrogen-bond donors (Lipinski definition) is 0. The largest absolute Gasteiger partial charge is 0.451 e. The highest BCUT2D eigenvalue weighted by atomic mass is 35.5. The lowest BCUT2D eigenvalue weighted by Gasteiger charge is -2.28. The van der Waals surface area contributed by atoms with Gasteiger partial charge in [-0.2, -0.15) is 0 Å². The van der Waals surface area contributed by atoms with Gasteiger partial charge in [0.25, 0.3) is 0 Å². The lowest BCUT2D eigenvalue weighted by Crippen LogP contribution is -2.33. The molecule has 3 aromatic rings. The first-order chi connectivity index (χ1) is 18.3. The molecule has 0 N–H and O–H groups in total. The minimum atomic E-state index is -1.02. The molecule has 0 unspecified atom stereocenters. The molecular weight excluding hydrogens is 502 g/mol. The number of amides is 2. The Morgan fingerprint density at radius 3 is 2.32 bits per heavy atom. The Morgan fingerprint density at radius 1 is 0.868 bits per heavy atom. The van der Waals surface area contributed by atoms with Gasteiger partial charge in [0, 0.05) is 10.6 Å². The van der Waals surface area contributed by atoms with Crippen molar-refractivity contribution in [1.29, 1.82) is 0 Å². The first-order valence-corrected chi connectivity index (χ1v) is 13.2. The summed E-state index contributed by atoms with van der Waals surface area (Å²) in [6.45, 7) is 1.51. The molecule has 38 heavy (non-hydrogen) atoms. The van der Waals surface area contributed by atoms with E-state index in [9.17, 15) is 19.2 Å². The number of ketones is 1. The van der Waals surface area contributed by atoms with Crippen LogP contribution in [-0.2, 0) is 14.3 Å². The standard InChI is InChI=1S/C31H26ClNO5/c1-17(28(34)19-10-12-22(32)13-11-19)38-31(37)20-8-5-9-23(14-20)33-29(35)26-21-15-24(18-6-3-2-4-7-18)25(16-21)27(26)30(33)36/h2-14,17,21,24-27H,15-16H2,1H3/t17-,21-,24-,25+,26+,27+/m0/s1. The summed E-state index contributed by atoms with van der Waals surface area (Å²) in [6, 6.07) is 22.9. The third kappa shape index (κ3) is 4.04. The van der Waals surface area contributed by atoms with Crippen molar-refractivity contribution >= 4 is 40.9 Å². The summed E-state index contributed by atoms with van der Waals surface area (Å²) in [5, 5.41) is 0.502. The highest BCUT2D eigenvalue weighted by Crippen LogP contribution is 2.61. The van der Waals surface area contributed by atoms with Crippen molar-refractivity contribution in [2.45, 2.75) is 31.8 Å². The molecule has 192 valence electrons. The van der Waals surface area contributed by atoms with Gasteiger partial charge < -0.3 is 4.74 Å². The first kappa shape index (κ1) is 24.6. The van der Waals surface area contributed by atoms with Crippen LogP contribution in [0.4, 0.5) is 5.69 Å². The molecule has 7 heteroatoms. The monoisotopic (exact) mass is 527 g/mol. The van der Waals surface area contributed by atoms with Crippen molar-refractivity contribution in [1.82, 2.24) is 0 Å². The number of carbonyl (C=O) groups excluding carboxylic acids is 4. The van der Waals surface area contributed by atoms with Crippen LogP contribution in [0.25, 0.3) is 0 Å². The maximum absolute atomic E-state index is 13.6. The average molecular weight is 528 g/mol. The van der Waals surface area contributed by atoms with E-state index in [1.165, 1.54) is 23.5 Å². The Bertz CT molecular complexity index is 1440. The average Bonchev–Trinajstić information content (AvgIpc) is 3.60. The summed E-state index contributed by atoms with van der Waals surface area (Å²) < 4.78 is 5.43. The Hall–Kier alpha value is -3.77. The smallest absolute Gasteiger partial charge is 0.338 e. The van der Waals surface area contributed by atoms with Gasteiger partial charge in [0.05, 0.1) is 23.1 Å². The molecule has 1 aliphatic heterocycles. The summed E-state index contributed by atoms with van der Waals surface area (Å²) in [5.41, 5.74) is 2.13. The van der Waals surface area contributed by atoms with E-state index in [4.69, 9.17) is 16.3 Å². The molecule has 6 rings (SSSR count). The van der Waals surface area contributed by atoms with E-state index >= 15 is 0 Å². The topological polar surface area (TPSA) is 80.8 Å². The second-order valence-electron chi connectivity index (χ2n) is 10.4. The number of anilines is 1. The van der Waals surface area contributed by atoms with Gasteiger partial charge >= 0.3 is 5.97 Å². The number of ether oxygens (including phenoxy) is 1. The van der Waals surface area contributed by atoms with Gasteiger partial charge in [-0.3, -0.25) is 19.3 Å². The Morgan fingerprint density at radius 2 is 1.58 bits per heavy atom. The summed E-state index contributed by atoms with van der Waals surface area (Å²) in [5.74, 6) is -1.47. The zero-order chi connectivity index (χ0) is 26.6. The van der Waals surface area contributed by atoms with Crippen molar-refractivity contribution in [3.05, 3.63) is 101 Å². The van der Waals surface area contributed by atoms with E-state index in [1.807, 2.05) is 18.2 Å². The van der Waals surface area contributed by atoms with Crippen LogP contribution in [0.2, 0.25) is 5.02 Å². The fourth-order valence-corrected chi connectivity index (χ4v) is 6.83. The van der Waals surface area contributed by atoms with Gasteiger partial charge in [0.2, 0.25) is 17.6 Å². The lowest BCUT2D eigenvalue weighted by molar-refractivity contribution is -0.123. The van der Waals surface area contributed by atoms with Crippen LogP contribution in [0, 0.1) is 23.7 Å². The van der Waals surface area contributed by atoms with Crippen molar-refractivity contribution in [3.63, 3.8) is 0 Å². The van der Waals surface area contributed by atoms with E-state index in [0.717, 1.165) is 12.8 Å². The molecule has 3 aromatic carbocycles. The molecular formula is C31H26ClNO5. The van der Waals surface area contributed by atoms with Crippen molar-refractivity contribution < 1.29 is 23.9 Å². The van der Waals surface area contributed by atoms with E-state index < -0.39 is 12.1 Å². The number of carbonyl (C=O) groups is 4. The second kappa shape index (κ2) is 9.52. The van der Waals surface area contributed by atoms with Crippen molar-refractivity contribution in [2.75, 3.05) is 4.90 Å². The zero-order valence-electron chi connectivity index (χ0n) is 20.8. The van der Waals surface area contributed by atoms with E-state index in [-0.39, 0.29) is 52.8 Å². The molecule has 0 aromatic heterocycles. The maximum atomic E-state index is 13.6. The molecule has 2 bridgehead atoms. The van der Waals surface area contributed by atoms with E-state index in [2.05, 4.69) is 12.1 Å². The fraction of sp³-hybridized carbons (Fsp3) is 0.290. The molecule has 6 atom stereocenters. The molecule has 0 radical (unpaired) electrons. The maximum Gasteiger partial charge on any atom is 0.338 e. The van der Waals surface area contributed by atoms with Gasteiger partial charge in [-0.05, 0) is 85.5 Å². The van der Waals surface area contributed by atoms with Gasteiger partial charge in [0.1, 0.15) is 0 Å². The number of benzene rings is 3. The molecule has 2 amide bonds. The number of halogens is 1. The van der Waals surface area contributed by atoms with Crippen LogP contribution in [-0.4, -0.2) is 29.7 Å². The summed E-state index contributed by atoms with van der Waals surface area (Å²) >= 11 is 5.89. The zero-order valence-corrected chi connectivity index (χ0v) is 21.5. The molecule has 2 saturated carbocycles. The number of hydrogen-bond acceptors (Lipinski definition) is 5. The van der Waals surface area contributed by atoms with Crippen LogP contribution in [0.5, 0.6) is 0 Å². The van der Waals surface area contributed by atoms with Crippen molar-refractivity contribution in [3.8, 4) is 0 Å². The van der Waals surface area contributed by atoms with Gasteiger partial charge in [-0.1, -0.05) is 48.0 Å². The predicted octanol–water partition coefficient (Wildman–Crippen LogP) is 5.70. The summed E-state index contributed by atoms with van der Waals surface area (Å²) in [7, 11) is 0. The molecule has 6 nitrogen and oxygen atoms in total. The van der Waals surface area contributed by atoms with Gasteiger partial charge in [0.15, 0.2) is 6.10 Å². The van der Waals surface area contributed by atoms with Crippen LogP contribution in [0.1, 0.15) is 52.0 Å². The molecule has 2 aliphatic carbocycles. The summed E-state index contributed by atoms with van der Waals surface area (Å²) in [4.78, 5) is 54.0. The molecule has 3 aliphatic rings. The SMILES string of the molecule is C[C@H](OC(=O)c1cccc(N2C(=O)[C@@H]3[C@@H]4C[C@@H]([C@H]3C2=O)[C@H](c2ccccc2)C4)c1)C(=O)c1ccc(Cl)cc1. The first-order valence-electron chi connectivity index (χ1n) is 12.9. The predicted molar refractivity (Wildman–Crippen MR) is 142 cm³/mol. The number of rotatable bonds is 6. The minimum Gasteiger partial charge on any atom is -0.451 e. The minimum absolute atomic E-state index is 0.140. The van der Waals surface area contributed by atoms with Gasteiger partial charge in [-0.25, -0.2) is 4.79 Å². The fourth-order valence-electron chi connectivity index (χ4n) is 6.70. The van der Waals surface area contributed by atoms with Crippen LogP contribution in [0.15, 0.2) is 78.9 Å². The quantitative estimate of drug-likeness (QED) is 0.233. The van der Waals surface area contributed by atoms with E-state index in [0.29, 0.717) is 16.3 Å². The lowest BCUT2D eigenvalue weighted by atomic mass is 9.73. The van der Waals surface area contributed by atoms with Crippen LogP contribution in [0.3, 0.4) is 0 Å².